The quantitative estimate of drug-likeness (QED) is 0.239. The molecule has 0 amide bonds. The Morgan fingerprint density at radius 2 is 1.82 bits per heavy atom. The van der Waals surface area contributed by atoms with Crippen LogP contribution in [0.15, 0.2) is 0 Å². The molecule has 0 aromatic carbocycles. The van der Waals surface area contributed by atoms with E-state index in [1.807, 2.05) is 0 Å². The number of phosphoric ester groups is 1. The van der Waals surface area contributed by atoms with Crippen molar-refractivity contribution in [3.05, 3.63) is 0 Å². The van der Waals surface area contributed by atoms with E-state index in [1.54, 1.807) is 0 Å². The Hall–Kier alpha value is 1.03. The molecule has 0 unspecified atom stereocenters. The molecule has 11 heavy (non-hydrogen) atoms. The summed E-state index contributed by atoms with van der Waals surface area (Å²) in [5.41, 5.74) is 0. The van der Waals surface area contributed by atoms with Crippen molar-refractivity contribution in [3.8, 4) is 0 Å². The first-order valence-electron chi connectivity index (χ1n) is 2.48. The van der Waals surface area contributed by atoms with Crippen molar-refractivity contribution < 1.29 is 29.1 Å². The predicted molar refractivity (Wildman–Crippen MR) is 38.0 cm³/mol. The normalized spacial score (nSPS) is 11.4. The molecule has 0 heterocycles. The van der Waals surface area contributed by atoms with Crippen molar-refractivity contribution in [2.75, 3.05) is 6.61 Å². The van der Waals surface area contributed by atoms with Crippen molar-refractivity contribution in [2.45, 2.75) is 12.7 Å². The summed E-state index contributed by atoms with van der Waals surface area (Å²) < 4.78 is 13.8. The Balaban J connectivity index is 0. The van der Waals surface area contributed by atoms with E-state index in [0.29, 0.717) is 0 Å². The molecular weight excluding hydrogens is 186 g/mol. The summed E-state index contributed by atoms with van der Waals surface area (Å²) in [5, 5.41) is 16.3. The number of rotatable bonds is 4. The number of aliphatic hydroxyl groups is 2. The molecule has 64 valence electrons. The van der Waals surface area contributed by atoms with Gasteiger partial charge in [-0.25, -0.2) is 4.57 Å². The SMILES string of the molecule is O=P(O)(O)OCCC(O)O.[NaH]. The van der Waals surface area contributed by atoms with Gasteiger partial charge in [-0.2, -0.15) is 0 Å². The second-order valence-electron chi connectivity index (χ2n) is 1.59. The maximum absolute atomic E-state index is 9.92. The van der Waals surface area contributed by atoms with Crippen LogP contribution in [0.4, 0.5) is 0 Å². The van der Waals surface area contributed by atoms with Gasteiger partial charge in [-0.1, -0.05) is 0 Å². The van der Waals surface area contributed by atoms with E-state index in [4.69, 9.17) is 20.0 Å². The van der Waals surface area contributed by atoms with E-state index in [9.17, 15) is 4.57 Å². The number of aliphatic hydroxyl groups excluding tert-OH is 1. The van der Waals surface area contributed by atoms with Crippen LogP contribution in [-0.2, 0) is 9.09 Å². The minimum absolute atomic E-state index is 0. The minimum atomic E-state index is -4.44. The van der Waals surface area contributed by atoms with Crippen molar-refractivity contribution in [2.24, 2.45) is 0 Å². The van der Waals surface area contributed by atoms with Gasteiger partial charge in [0, 0.05) is 6.42 Å². The van der Waals surface area contributed by atoms with E-state index in [1.165, 1.54) is 0 Å². The van der Waals surface area contributed by atoms with E-state index in [0.717, 1.165) is 0 Å². The van der Waals surface area contributed by atoms with Crippen LogP contribution in [0.2, 0.25) is 0 Å². The third-order valence-electron chi connectivity index (χ3n) is 0.636. The molecule has 0 aromatic rings. The fraction of sp³-hybridized carbons (Fsp3) is 1.00. The van der Waals surface area contributed by atoms with E-state index < -0.39 is 14.1 Å². The van der Waals surface area contributed by atoms with Gasteiger partial charge < -0.3 is 20.0 Å². The fourth-order valence-electron chi connectivity index (χ4n) is 0.277. The Labute approximate surface area is 85.7 Å². The summed E-state index contributed by atoms with van der Waals surface area (Å²) in [6.07, 6.45) is -1.81. The number of hydrogen-bond donors (Lipinski definition) is 4. The zero-order valence-electron chi connectivity index (χ0n) is 5.04. The molecule has 0 aliphatic heterocycles. The van der Waals surface area contributed by atoms with Crippen molar-refractivity contribution >= 4 is 37.4 Å². The van der Waals surface area contributed by atoms with Crippen molar-refractivity contribution in [1.29, 1.82) is 0 Å². The van der Waals surface area contributed by atoms with E-state index in [2.05, 4.69) is 4.52 Å². The first-order valence-corrected chi connectivity index (χ1v) is 4.01. The van der Waals surface area contributed by atoms with Gasteiger partial charge in [0.15, 0.2) is 6.29 Å². The van der Waals surface area contributed by atoms with Gasteiger partial charge >= 0.3 is 37.4 Å². The molecule has 0 radical (unpaired) electrons. The summed E-state index contributed by atoms with van der Waals surface area (Å²) in [7, 11) is -4.44. The zero-order valence-corrected chi connectivity index (χ0v) is 5.94. The molecule has 0 fully saturated rings. The van der Waals surface area contributed by atoms with Gasteiger partial charge in [-0.05, 0) is 0 Å². The summed E-state index contributed by atoms with van der Waals surface area (Å²) >= 11 is 0. The van der Waals surface area contributed by atoms with Crippen molar-refractivity contribution in [1.82, 2.24) is 0 Å². The summed E-state index contributed by atoms with van der Waals surface area (Å²) in [6.45, 7) is -0.373. The topological polar surface area (TPSA) is 107 Å². The summed E-state index contributed by atoms with van der Waals surface area (Å²) in [6, 6.07) is 0. The number of phosphoric acid groups is 1. The standard InChI is InChI=1S/C3H9O6P.Na.H/c4-3(5)1-2-9-10(6,7)8;;/h3-5H,1-2H2,(H2,6,7,8);;. The Kier molecular flexibility index (Phi) is 8.64. The molecular formula is C3H10NaO6P. The molecule has 0 aliphatic carbocycles. The first-order chi connectivity index (χ1) is 4.42. The molecule has 0 bridgehead atoms. The molecule has 0 spiro atoms. The van der Waals surface area contributed by atoms with Crippen LogP contribution < -0.4 is 0 Å². The molecule has 0 saturated heterocycles. The average Bonchev–Trinajstić information content (AvgIpc) is 1.59. The molecule has 0 saturated carbocycles. The molecule has 0 atom stereocenters. The van der Waals surface area contributed by atoms with Gasteiger partial charge in [0.1, 0.15) is 0 Å². The van der Waals surface area contributed by atoms with Gasteiger partial charge in [-0.15, -0.1) is 0 Å². The average molecular weight is 196 g/mol. The predicted octanol–water partition coefficient (Wildman–Crippen LogP) is -1.85. The second-order valence-corrected chi connectivity index (χ2v) is 2.83. The van der Waals surface area contributed by atoms with Gasteiger partial charge in [-0.3, -0.25) is 4.52 Å². The van der Waals surface area contributed by atoms with E-state index in [-0.39, 0.29) is 42.6 Å². The third-order valence-corrected chi connectivity index (χ3v) is 1.15. The Morgan fingerprint density at radius 1 is 1.36 bits per heavy atom. The van der Waals surface area contributed by atoms with Crippen LogP contribution in [0.1, 0.15) is 6.42 Å². The van der Waals surface area contributed by atoms with E-state index >= 15 is 0 Å². The van der Waals surface area contributed by atoms with Gasteiger partial charge in [0.05, 0.1) is 6.61 Å². The molecule has 0 rings (SSSR count). The van der Waals surface area contributed by atoms with Crippen LogP contribution in [0.3, 0.4) is 0 Å². The van der Waals surface area contributed by atoms with Crippen LogP contribution in [-0.4, -0.2) is 62.5 Å². The Morgan fingerprint density at radius 3 is 2.09 bits per heavy atom. The molecule has 6 nitrogen and oxygen atoms in total. The summed E-state index contributed by atoms with van der Waals surface area (Å²) in [5.74, 6) is 0. The monoisotopic (exact) mass is 196 g/mol. The molecule has 4 N–H and O–H groups in total. The van der Waals surface area contributed by atoms with Crippen LogP contribution in [0.25, 0.3) is 0 Å². The second kappa shape index (κ2) is 6.54. The first kappa shape index (κ1) is 14.5. The van der Waals surface area contributed by atoms with Gasteiger partial charge in [0.2, 0.25) is 0 Å². The number of hydrogen-bond acceptors (Lipinski definition) is 4. The Bertz CT molecular complexity index is 132. The molecule has 8 heteroatoms. The van der Waals surface area contributed by atoms with Crippen molar-refractivity contribution in [3.63, 3.8) is 0 Å². The molecule has 0 aliphatic rings. The van der Waals surface area contributed by atoms with Crippen LogP contribution in [0.5, 0.6) is 0 Å². The van der Waals surface area contributed by atoms with Crippen LogP contribution in [0, 0.1) is 0 Å². The van der Waals surface area contributed by atoms with Gasteiger partial charge in [0.25, 0.3) is 0 Å². The third kappa shape index (κ3) is 13.9. The summed E-state index contributed by atoms with van der Waals surface area (Å²) in [4.78, 5) is 16.1. The maximum atomic E-state index is 9.92. The fourth-order valence-corrected chi connectivity index (χ4v) is 0.620. The van der Waals surface area contributed by atoms with Crippen LogP contribution >= 0.6 is 7.82 Å². The molecule has 0 aromatic heterocycles. The zero-order chi connectivity index (χ0) is 8.20.